The molecule has 2 atom stereocenters. The van der Waals surface area contributed by atoms with Crippen molar-refractivity contribution in [3.8, 4) is 0 Å². The summed E-state index contributed by atoms with van der Waals surface area (Å²) < 4.78 is 41.7. The van der Waals surface area contributed by atoms with Crippen LogP contribution in [-0.2, 0) is 14.3 Å². The zero-order valence-corrected chi connectivity index (χ0v) is 8.63. The van der Waals surface area contributed by atoms with Crippen LogP contribution in [0.4, 0.5) is 13.2 Å². The molecule has 7 heteroatoms. The van der Waals surface area contributed by atoms with Crippen molar-refractivity contribution in [2.45, 2.75) is 38.0 Å². The van der Waals surface area contributed by atoms with E-state index in [1.165, 1.54) is 0 Å². The first-order chi connectivity index (χ1) is 7.34. The summed E-state index contributed by atoms with van der Waals surface area (Å²) in [4.78, 5) is 22.3. The number of carbonyl (C=O) groups excluding carboxylic acids is 2. The van der Waals surface area contributed by atoms with Crippen molar-refractivity contribution < 1.29 is 27.5 Å². The Bertz CT molecular complexity index is 290. The van der Waals surface area contributed by atoms with Crippen LogP contribution >= 0.6 is 0 Å². The molecule has 0 bridgehead atoms. The first-order valence-corrected chi connectivity index (χ1v) is 4.85. The van der Waals surface area contributed by atoms with Crippen molar-refractivity contribution >= 4 is 11.8 Å². The number of piperidine rings is 1. The van der Waals surface area contributed by atoms with E-state index in [-0.39, 0.29) is 13.0 Å². The lowest BCUT2D eigenvalue weighted by Gasteiger charge is -2.30. The highest BCUT2D eigenvalue weighted by Gasteiger charge is 2.46. The van der Waals surface area contributed by atoms with Crippen LogP contribution in [0.2, 0.25) is 0 Å². The molecule has 1 rings (SSSR count). The molecule has 0 aromatic rings. The Balaban J connectivity index is 2.68. The maximum absolute atomic E-state index is 12.4. The number of alkyl halides is 3. The quantitative estimate of drug-likeness (QED) is 0.724. The molecule has 92 valence electrons. The molecule has 1 aliphatic rings. The predicted molar refractivity (Wildman–Crippen MR) is 47.6 cm³/mol. The fourth-order valence-corrected chi connectivity index (χ4v) is 1.50. The molecule has 1 N–H and O–H groups in total. The molecular weight excluding hydrogens is 227 g/mol. The van der Waals surface area contributed by atoms with Gasteiger partial charge in [0.2, 0.25) is 0 Å². The lowest BCUT2D eigenvalue weighted by Crippen LogP contribution is -2.56. The Morgan fingerprint density at radius 1 is 1.50 bits per heavy atom. The van der Waals surface area contributed by atoms with Gasteiger partial charge in [-0.2, -0.15) is 13.2 Å². The van der Waals surface area contributed by atoms with E-state index < -0.39 is 36.4 Å². The van der Waals surface area contributed by atoms with Crippen LogP contribution in [-0.4, -0.2) is 36.6 Å². The first kappa shape index (κ1) is 13.0. The van der Waals surface area contributed by atoms with E-state index in [1.54, 1.807) is 6.92 Å². The molecule has 0 unspecified atom stereocenters. The summed E-state index contributed by atoms with van der Waals surface area (Å²) in [6.45, 7) is 1.62. The summed E-state index contributed by atoms with van der Waals surface area (Å²) in [6.07, 6.45) is -5.40. The summed E-state index contributed by atoms with van der Waals surface area (Å²) in [5.41, 5.74) is 0. The van der Waals surface area contributed by atoms with E-state index in [1.807, 2.05) is 0 Å². The summed E-state index contributed by atoms with van der Waals surface area (Å²) in [6, 6.07) is -3.14. The number of Topliss-reactive ketones (excluding diaryl/α,β-unsaturated/α-hetero) is 1. The average molecular weight is 239 g/mol. The first-order valence-electron chi connectivity index (χ1n) is 4.85. The third kappa shape index (κ3) is 3.19. The van der Waals surface area contributed by atoms with Gasteiger partial charge in [0.25, 0.3) is 0 Å². The van der Waals surface area contributed by atoms with Crippen molar-refractivity contribution in [1.82, 2.24) is 5.32 Å². The van der Waals surface area contributed by atoms with Crippen molar-refractivity contribution in [3.05, 3.63) is 0 Å². The van der Waals surface area contributed by atoms with Gasteiger partial charge in [0.1, 0.15) is 17.9 Å². The molecule has 0 saturated carbocycles. The minimum absolute atomic E-state index is 0.0713. The molecule has 1 fully saturated rings. The minimum Gasteiger partial charge on any atom is -0.465 e. The van der Waals surface area contributed by atoms with Gasteiger partial charge in [0, 0.05) is 12.8 Å². The standard InChI is InChI=1S/C9H12F3NO3/c1-2-16-8(15)6-3-5(14)4-7(13-6)9(10,11)12/h6-7,13H,2-4H2,1H3/t6-,7+/m0/s1. The monoisotopic (exact) mass is 239 g/mol. The molecular formula is C9H12F3NO3. The van der Waals surface area contributed by atoms with Crippen LogP contribution in [0.3, 0.4) is 0 Å². The highest BCUT2D eigenvalue weighted by molar-refractivity contribution is 5.88. The maximum atomic E-state index is 12.4. The Kier molecular flexibility index (Phi) is 3.90. The van der Waals surface area contributed by atoms with Crippen LogP contribution in [0.15, 0.2) is 0 Å². The van der Waals surface area contributed by atoms with Gasteiger partial charge in [-0.15, -0.1) is 0 Å². The van der Waals surface area contributed by atoms with Crippen LogP contribution in [0, 0.1) is 0 Å². The fraction of sp³-hybridized carbons (Fsp3) is 0.778. The second-order valence-electron chi connectivity index (χ2n) is 3.51. The highest BCUT2D eigenvalue weighted by Crippen LogP contribution is 2.26. The zero-order valence-electron chi connectivity index (χ0n) is 8.63. The zero-order chi connectivity index (χ0) is 12.3. The smallest absolute Gasteiger partial charge is 0.404 e. The van der Waals surface area contributed by atoms with E-state index in [0.717, 1.165) is 0 Å². The Morgan fingerprint density at radius 2 is 2.12 bits per heavy atom. The summed E-state index contributed by atoms with van der Waals surface area (Å²) in [7, 11) is 0. The molecule has 0 aromatic heterocycles. The summed E-state index contributed by atoms with van der Waals surface area (Å²) in [5.74, 6) is -1.40. The van der Waals surface area contributed by atoms with E-state index in [4.69, 9.17) is 0 Å². The fourth-order valence-electron chi connectivity index (χ4n) is 1.50. The van der Waals surface area contributed by atoms with Crippen LogP contribution in [0.25, 0.3) is 0 Å². The number of ketones is 1. The normalized spacial score (nSPS) is 26.6. The Hall–Kier alpha value is -1.11. The molecule has 1 heterocycles. The number of hydrogen-bond donors (Lipinski definition) is 1. The molecule has 0 amide bonds. The van der Waals surface area contributed by atoms with Crippen LogP contribution in [0.5, 0.6) is 0 Å². The maximum Gasteiger partial charge on any atom is 0.404 e. The van der Waals surface area contributed by atoms with Crippen LogP contribution in [0.1, 0.15) is 19.8 Å². The topological polar surface area (TPSA) is 55.4 Å². The van der Waals surface area contributed by atoms with E-state index >= 15 is 0 Å². The van der Waals surface area contributed by atoms with Crippen molar-refractivity contribution in [1.29, 1.82) is 0 Å². The van der Waals surface area contributed by atoms with Gasteiger partial charge >= 0.3 is 12.1 Å². The predicted octanol–water partition coefficient (Wildman–Crippen LogP) is 0.802. The molecule has 4 nitrogen and oxygen atoms in total. The summed E-state index contributed by atoms with van der Waals surface area (Å²) in [5, 5.41) is 2.09. The number of nitrogens with one attached hydrogen (secondary N) is 1. The second-order valence-corrected chi connectivity index (χ2v) is 3.51. The number of hydrogen-bond acceptors (Lipinski definition) is 4. The third-order valence-electron chi connectivity index (χ3n) is 2.23. The van der Waals surface area contributed by atoms with Gasteiger partial charge < -0.3 is 4.74 Å². The second kappa shape index (κ2) is 4.82. The lowest BCUT2D eigenvalue weighted by molar-refractivity contribution is -0.172. The largest absolute Gasteiger partial charge is 0.465 e. The molecule has 16 heavy (non-hydrogen) atoms. The number of esters is 1. The molecule has 0 radical (unpaired) electrons. The summed E-state index contributed by atoms with van der Waals surface area (Å²) >= 11 is 0. The number of carbonyl (C=O) groups is 2. The average Bonchev–Trinajstić information content (AvgIpc) is 2.16. The van der Waals surface area contributed by atoms with E-state index in [2.05, 4.69) is 10.1 Å². The van der Waals surface area contributed by atoms with E-state index in [0.29, 0.717) is 0 Å². The van der Waals surface area contributed by atoms with Gasteiger partial charge in [-0.3, -0.25) is 14.9 Å². The third-order valence-corrected chi connectivity index (χ3v) is 2.23. The van der Waals surface area contributed by atoms with Gasteiger partial charge in [-0.25, -0.2) is 0 Å². The van der Waals surface area contributed by atoms with Gasteiger partial charge in [0.05, 0.1) is 6.61 Å². The van der Waals surface area contributed by atoms with E-state index in [9.17, 15) is 22.8 Å². The van der Waals surface area contributed by atoms with Crippen LogP contribution < -0.4 is 5.32 Å². The minimum atomic E-state index is -4.53. The van der Waals surface area contributed by atoms with Crippen molar-refractivity contribution in [3.63, 3.8) is 0 Å². The number of halogens is 3. The molecule has 0 spiro atoms. The highest BCUT2D eigenvalue weighted by atomic mass is 19.4. The number of rotatable bonds is 2. The van der Waals surface area contributed by atoms with Gasteiger partial charge in [0.15, 0.2) is 0 Å². The lowest BCUT2D eigenvalue weighted by atomic mass is 9.97. The number of ether oxygens (including phenoxy) is 1. The molecule has 0 aromatic carbocycles. The van der Waals surface area contributed by atoms with Gasteiger partial charge in [-0.05, 0) is 6.92 Å². The molecule has 1 saturated heterocycles. The van der Waals surface area contributed by atoms with Crippen molar-refractivity contribution in [2.24, 2.45) is 0 Å². The molecule has 0 aliphatic carbocycles. The SMILES string of the molecule is CCOC(=O)[C@@H]1CC(=O)C[C@H](C(F)(F)F)N1. The van der Waals surface area contributed by atoms with Crippen molar-refractivity contribution in [2.75, 3.05) is 6.61 Å². The Labute approximate surface area is 90.1 Å². The Morgan fingerprint density at radius 3 is 2.62 bits per heavy atom. The van der Waals surface area contributed by atoms with Gasteiger partial charge in [-0.1, -0.05) is 0 Å². The molecule has 1 aliphatic heterocycles.